The molecular weight excluding hydrogens is 470 g/mol. The van der Waals surface area contributed by atoms with Gasteiger partial charge in [0.15, 0.2) is 0 Å². The Bertz CT molecular complexity index is 1430. The molecule has 0 aliphatic carbocycles. The molecule has 37 heavy (non-hydrogen) atoms. The summed E-state index contributed by atoms with van der Waals surface area (Å²) in [7, 11) is 0. The molecule has 4 rings (SSSR count). The van der Waals surface area contributed by atoms with E-state index >= 15 is 0 Å². The molecule has 0 saturated carbocycles. The van der Waals surface area contributed by atoms with Gasteiger partial charge in [-0.3, -0.25) is 9.59 Å². The molecule has 0 aliphatic heterocycles. The van der Waals surface area contributed by atoms with Crippen LogP contribution in [-0.2, 0) is 4.79 Å². The molecule has 0 saturated heterocycles. The average molecular weight is 496 g/mol. The van der Waals surface area contributed by atoms with E-state index in [2.05, 4.69) is 15.8 Å². The van der Waals surface area contributed by atoms with Gasteiger partial charge in [-0.1, -0.05) is 36.4 Å². The number of nitrogens with one attached hydrogen (secondary N) is 2. The summed E-state index contributed by atoms with van der Waals surface area (Å²) in [6.07, 6.45) is 1.45. The van der Waals surface area contributed by atoms with Crippen LogP contribution in [0.1, 0.15) is 33.2 Å². The summed E-state index contributed by atoms with van der Waals surface area (Å²) in [4.78, 5) is 36.9. The van der Waals surface area contributed by atoms with Crippen LogP contribution in [0.25, 0.3) is 10.8 Å². The first-order valence-corrected chi connectivity index (χ1v) is 11.7. The third-order valence-electron chi connectivity index (χ3n) is 5.34. The molecule has 0 aliphatic rings. The average Bonchev–Trinajstić information content (AvgIpc) is 2.93. The monoisotopic (exact) mass is 495 g/mol. The fourth-order valence-corrected chi connectivity index (χ4v) is 3.54. The second-order valence-electron chi connectivity index (χ2n) is 7.92. The Morgan fingerprint density at radius 2 is 1.54 bits per heavy atom. The van der Waals surface area contributed by atoms with E-state index in [1.165, 1.54) is 6.21 Å². The number of carbonyl (C=O) groups is 3. The molecule has 0 heterocycles. The van der Waals surface area contributed by atoms with E-state index in [0.29, 0.717) is 34.8 Å². The third kappa shape index (κ3) is 6.79. The van der Waals surface area contributed by atoms with Crippen molar-refractivity contribution in [2.75, 3.05) is 13.2 Å². The van der Waals surface area contributed by atoms with Gasteiger partial charge in [0, 0.05) is 5.56 Å². The summed E-state index contributed by atoms with van der Waals surface area (Å²) in [6, 6.07) is 26.3. The number of carbonyl (C=O) groups excluding carboxylic acids is 3. The molecule has 2 amide bonds. The molecule has 0 radical (unpaired) electrons. The molecule has 8 nitrogen and oxygen atoms in total. The Morgan fingerprint density at radius 3 is 2.30 bits per heavy atom. The Kier molecular flexibility index (Phi) is 8.23. The first kappa shape index (κ1) is 25.1. The largest absolute Gasteiger partial charge is 0.494 e. The van der Waals surface area contributed by atoms with Crippen molar-refractivity contribution in [1.82, 2.24) is 10.7 Å². The van der Waals surface area contributed by atoms with Gasteiger partial charge in [-0.25, -0.2) is 10.2 Å². The summed E-state index contributed by atoms with van der Waals surface area (Å²) in [6.45, 7) is 2.21. The van der Waals surface area contributed by atoms with E-state index in [1.807, 2.05) is 37.3 Å². The molecule has 0 bridgehead atoms. The number of hydrogen-bond donors (Lipinski definition) is 2. The molecular formula is C29H25N3O5. The van der Waals surface area contributed by atoms with E-state index < -0.39 is 11.9 Å². The minimum atomic E-state index is -0.484. The Morgan fingerprint density at radius 1 is 0.838 bits per heavy atom. The van der Waals surface area contributed by atoms with Crippen LogP contribution >= 0.6 is 0 Å². The van der Waals surface area contributed by atoms with Crippen molar-refractivity contribution < 1.29 is 23.9 Å². The minimum Gasteiger partial charge on any atom is -0.494 e. The van der Waals surface area contributed by atoms with Crippen molar-refractivity contribution in [3.05, 3.63) is 108 Å². The summed E-state index contributed by atoms with van der Waals surface area (Å²) < 4.78 is 10.7. The number of benzene rings is 4. The van der Waals surface area contributed by atoms with Crippen LogP contribution in [-0.4, -0.2) is 37.1 Å². The Balaban J connectivity index is 1.24. The van der Waals surface area contributed by atoms with Crippen LogP contribution in [0.3, 0.4) is 0 Å². The van der Waals surface area contributed by atoms with E-state index in [-0.39, 0.29) is 12.5 Å². The predicted octanol–water partition coefficient (Wildman–Crippen LogP) is 4.34. The van der Waals surface area contributed by atoms with Gasteiger partial charge in [-0.05, 0) is 77.9 Å². The molecule has 0 fully saturated rings. The highest BCUT2D eigenvalue weighted by atomic mass is 16.5. The van der Waals surface area contributed by atoms with Crippen LogP contribution in [0.4, 0.5) is 0 Å². The highest BCUT2D eigenvalue weighted by Crippen LogP contribution is 2.18. The molecule has 0 atom stereocenters. The van der Waals surface area contributed by atoms with Crippen molar-refractivity contribution in [3.63, 3.8) is 0 Å². The Labute approximate surface area is 213 Å². The van der Waals surface area contributed by atoms with Crippen molar-refractivity contribution in [2.24, 2.45) is 5.10 Å². The van der Waals surface area contributed by atoms with Crippen LogP contribution in [0, 0.1) is 0 Å². The zero-order valence-corrected chi connectivity index (χ0v) is 20.1. The van der Waals surface area contributed by atoms with Crippen LogP contribution < -0.4 is 20.2 Å². The minimum absolute atomic E-state index is 0.222. The number of esters is 1. The lowest BCUT2D eigenvalue weighted by molar-refractivity contribution is -0.120. The maximum Gasteiger partial charge on any atom is 0.343 e. The molecule has 0 spiro atoms. The SMILES string of the molecule is CCOc1ccc(C(=O)Oc2ccc(/C=N/NC(=O)CNC(=O)c3cccc4ccccc34)cc2)cc1. The van der Waals surface area contributed by atoms with Gasteiger partial charge in [0.1, 0.15) is 11.5 Å². The number of rotatable bonds is 9. The van der Waals surface area contributed by atoms with Gasteiger partial charge < -0.3 is 14.8 Å². The zero-order valence-electron chi connectivity index (χ0n) is 20.1. The van der Waals surface area contributed by atoms with E-state index in [0.717, 1.165) is 10.8 Å². The maximum absolute atomic E-state index is 12.5. The molecule has 2 N–H and O–H groups in total. The first-order chi connectivity index (χ1) is 18.0. The number of nitrogens with zero attached hydrogens (tertiary/aromatic N) is 1. The van der Waals surface area contributed by atoms with Crippen LogP contribution in [0.5, 0.6) is 11.5 Å². The van der Waals surface area contributed by atoms with E-state index in [4.69, 9.17) is 9.47 Å². The van der Waals surface area contributed by atoms with Gasteiger partial charge in [0.25, 0.3) is 11.8 Å². The maximum atomic E-state index is 12.5. The number of hydrogen-bond acceptors (Lipinski definition) is 6. The van der Waals surface area contributed by atoms with Crippen molar-refractivity contribution in [1.29, 1.82) is 0 Å². The second-order valence-corrected chi connectivity index (χ2v) is 7.92. The molecule has 0 unspecified atom stereocenters. The highest BCUT2D eigenvalue weighted by molar-refractivity contribution is 6.07. The van der Waals surface area contributed by atoms with Gasteiger partial charge in [-0.15, -0.1) is 0 Å². The van der Waals surface area contributed by atoms with E-state index in [9.17, 15) is 14.4 Å². The summed E-state index contributed by atoms with van der Waals surface area (Å²) in [5.41, 5.74) is 3.96. The summed E-state index contributed by atoms with van der Waals surface area (Å²) in [5, 5.41) is 8.28. The second kappa shape index (κ2) is 12.1. The summed E-state index contributed by atoms with van der Waals surface area (Å²) in [5.74, 6) is -0.238. The quantitative estimate of drug-likeness (QED) is 0.156. The molecule has 8 heteroatoms. The number of ether oxygens (including phenoxy) is 2. The molecule has 186 valence electrons. The highest BCUT2D eigenvalue weighted by Gasteiger charge is 2.11. The fourth-order valence-electron chi connectivity index (χ4n) is 3.54. The molecule has 4 aromatic carbocycles. The zero-order chi connectivity index (χ0) is 26.0. The van der Waals surface area contributed by atoms with Crippen LogP contribution in [0.2, 0.25) is 0 Å². The van der Waals surface area contributed by atoms with Crippen molar-refractivity contribution >= 4 is 34.8 Å². The van der Waals surface area contributed by atoms with Crippen LogP contribution in [0.15, 0.2) is 96.1 Å². The summed E-state index contributed by atoms with van der Waals surface area (Å²) >= 11 is 0. The number of amides is 2. The van der Waals surface area contributed by atoms with Gasteiger partial charge in [0.05, 0.1) is 24.9 Å². The number of fused-ring (bicyclic) bond motifs is 1. The topological polar surface area (TPSA) is 106 Å². The smallest absolute Gasteiger partial charge is 0.343 e. The Hall–Kier alpha value is -4.98. The molecule has 4 aromatic rings. The van der Waals surface area contributed by atoms with Crippen molar-refractivity contribution in [2.45, 2.75) is 6.92 Å². The first-order valence-electron chi connectivity index (χ1n) is 11.7. The standard InChI is InChI=1S/C29H25N3O5/c1-2-36-23-16-12-22(13-17-23)29(35)37-24-14-10-20(11-15-24)18-31-32-27(33)19-30-28(34)26-9-5-7-21-6-3-4-8-25(21)26/h3-18H,2,19H2,1H3,(H,30,34)(H,32,33)/b31-18+. The van der Waals surface area contributed by atoms with Crippen molar-refractivity contribution in [3.8, 4) is 11.5 Å². The van der Waals surface area contributed by atoms with Gasteiger partial charge >= 0.3 is 5.97 Å². The lowest BCUT2D eigenvalue weighted by Crippen LogP contribution is -2.35. The van der Waals surface area contributed by atoms with Gasteiger partial charge in [0.2, 0.25) is 0 Å². The number of hydrazone groups is 1. The molecule has 0 aromatic heterocycles. The van der Waals surface area contributed by atoms with E-state index in [1.54, 1.807) is 60.7 Å². The lowest BCUT2D eigenvalue weighted by Gasteiger charge is -2.07. The fraction of sp³-hybridized carbons (Fsp3) is 0.103. The normalized spacial score (nSPS) is 10.7. The lowest BCUT2D eigenvalue weighted by atomic mass is 10.0. The third-order valence-corrected chi connectivity index (χ3v) is 5.34. The van der Waals surface area contributed by atoms with Gasteiger partial charge in [-0.2, -0.15) is 5.10 Å². The predicted molar refractivity (Wildman–Crippen MR) is 141 cm³/mol.